The van der Waals surface area contributed by atoms with Crippen molar-refractivity contribution in [3.63, 3.8) is 0 Å². The topological polar surface area (TPSA) is 104 Å². The summed E-state index contributed by atoms with van der Waals surface area (Å²) >= 11 is 1.06. The van der Waals surface area contributed by atoms with Crippen LogP contribution in [0.1, 0.15) is 60.8 Å². The van der Waals surface area contributed by atoms with E-state index in [9.17, 15) is 36.3 Å². The predicted octanol–water partition coefficient (Wildman–Crippen LogP) is 8.49. The van der Waals surface area contributed by atoms with Crippen LogP contribution in [0.2, 0.25) is 0 Å². The molecule has 0 saturated carbocycles. The lowest BCUT2D eigenvalue weighted by molar-refractivity contribution is -0.000523. The van der Waals surface area contributed by atoms with Gasteiger partial charge in [0.2, 0.25) is 0 Å². The van der Waals surface area contributed by atoms with E-state index < -0.39 is 47.3 Å². The van der Waals surface area contributed by atoms with Gasteiger partial charge in [-0.05, 0) is 91.6 Å². The number of pyridine rings is 1. The summed E-state index contributed by atoms with van der Waals surface area (Å²) in [6.45, 7) is 2.69. The predicted molar refractivity (Wildman–Crippen MR) is 198 cm³/mol. The van der Waals surface area contributed by atoms with Crippen molar-refractivity contribution in [1.82, 2.24) is 4.98 Å². The molecule has 3 aliphatic heterocycles. The minimum atomic E-state index is -2.82. The molecule has 282 valence electrons. The Labute approximate surface area is 315 Å². The summed E-state index contributed by atoms with van der Waals surface area (Å²) in [5.74, 6) is -3.92. The number of carbonyl (C=O) groups is 3. The van der Waals surface area contributed by atoms with E-state index in [1.807, 2.05) is 4.90 Å². The van der Waals surface area contributed by atoms with Crippen molar-refractivity contribution in [1.29, 1.82) is 0 Å². The molecule has 5 aromatic rings. The molecular weight excluding hydrogens is 742 g/mol. The van der Waals surface area contributed by atoms with Gasteiger partial charge in [-0.2, -0.15) is 0 Å². The summed E-state index contributed by atoms with van der Waals surface area (Å²) in [5.41, 5.74) is 1.10. The van der Waals surface area contributed by atoms with Gasteiger partial charge in [0.1, 0.15) is 29.0 Å². The first-order chi connectivity index (χ1) is 26.5. The minimum Gasteiger partial charge on any atom is -0.381 e. The van der Waals surface area contributed by atoms with Crippen molar-refractivity contribution in [3.8, 4) is 10.4 Å². The maximum absolute atomic E-state index is 14.7. The molecule has 3 aliphatic rings. The molecule has 15 heteroatoms. The smallest absolute Gasteiger partial charge is 0.265 e. The number of nitrogens with one attached hydrogen (secondary N) is 2. The van der Waals surface area contributed by atoms with E-state index in [2.05, 4.69) is 15.6 Å². The molecule has 0 unspecified atom stereocenters. The van der Waals surface area contributed by atoms with Crippen molar-refractivity contribution in [2.24, 2.45) is 5.41 Å². The lowest BCUT2D eigenvalue weighted by atomic mass is 9.73. The molecule has 55 heavy (non-hydrogen) atoms. The normalized spacial score (nSPS) is 15.9. The Hall–Kier alpha value is -5.67. The van der Waals surface area contributed by atoms with Gasteiger partial charge in [-0.3, -0.25) is 14.4 Å². The number of hydrogen-bond donors (Lipinski definition) is 2. The number of rotatable bonds is 7. The molecule has 2 N–H and O–H groups in total. The zero-order chi connectivity index (χ0) is 38.4. The monoisotopic (exact) mass is 773 g/mol. The Balaban J connectivity index is 1.00. The largest absolute Gasteiger partial charge is 0.381 e. The van der Waals surface area contributed by atoms with E-state index in [4.69, 9.17) is 4.74 Å². The zero-order valence-corrected chi connectivity index (χ0v) is 29.8. The first-order valence-electron chi connectivity index (χ1n) is 17.5. The highest BCUT2D eigenvalue weighted by Crippen LogP contribution is 2.44. The van der Waals surface area contributed by atoms with E-state index in [1.54, 1.807) is 6.07 Å². The second-order valence-electron chi connectivity index (χ2n) is 13.8. The number of benzene rings is 3. The summed E-state index contributed by atoms with van der Waals surface area (Å²) in [6.07, 6.45) is 0.296. The maximum atomic E-state index is 14.7. The summed E-state index contributed by atoms with van der Waals surface area (Å²) in [6, 6.07) is 16.0. The molecule has 1 spiro atoms. The molecule has 2 fully saturated rings. The number of thiophene rings is 1. The number of nitrogens with zero attached hydrogens (tertiary/aromatic N) is 3. The summed E-state index contributed by atoms with van der Waals surface area (Å²) in [4.78, 5) is 49.0. The lowest BCUT2D eigenvalue weighted by Crippen LogP contribution is -2.59. The van der Waals surface area contributed by atoms with Gasteiger partial charge in [0, 0.05) is 71.7 Å². The van der Waals surface area contributed by atoms with Gasteiger partial charge in [0.05, 0.1) is 16.1 Å². The van der Waals surface area contributed by atoms with Crippen LogP contribution in [0.15, 0.2) is 79.0 Å². The van der Waals surface area contributed by atoms with Crippen LogP contribution in [-0.2, 0) is 11.2 Å². The van der Waals surface area contributed by atoms with Crippen LogP contribution in [0.3, 0.4) is 0 Å². The average Bonchev–Trinajstić information content (AvgIpc) is 3.53. The van der Waals surface area contributed by atoms with Crippen LogP contribution < -0.4 is 20.4 Å². The van der Waals surface area contributed by atoms with Gasteiger partial charge in [-0.15, -0.1) is 11.3 Å². The van der Waals surface area contributed by atoms with Gasteiger partial charge >= 0.3 is 0 Å². The number of hydrogen-bond acceptors (Lipinski definition) is 7. The van der Waals surface area contributed by atoms with E-state index in [0.717, 1.165) is 48.6 Å². The van der Waals surface area contributed by atoms with Crippen LogP contribution in [0, 0.1) is 22.9 Å². The molecule has 8 rings (SSSR count). The third-order valence-electron chi connectivity index (χ3n) is 10.3. The van der Waals surface area contributed by atoms with Crippen LogP contribution in [0.4, 0.5) is 44.8 Å². The highest BCUT2D eigenvalue weighted by Gasteiger charge is 2.45. The van der Waals surface area contributed by atoms with Gasteiger partial charge in [-0.1, -0.05) is 6.07 Å². The first kappa shape index (κ1) is 36.3. The van der Waals surface area contributed by atoms with E-state index in [-0.39, 0.29) is 45.6 Å². The number of halogens is 5. The second-order valence-corrected chi connectivity index (χ2v) is 14.9. The Morgan fingerprint density at radius 2 is 1.60 bits per heavy atom. The Kier molecular flexibility index (Phi) is 9.59. The van der Waals surface area contributed by atoms with Gasteiger partial charge < -0.3 is 25.2 Å². The highest BCUT2D eigenvalue weighted by atomic mass is 32.1. The highest BCUT2D eigenvalue weighted by molar-refractivity contribution is 7.17. The van der Waals surface area contributed by atoms with Gasteiger partial charge in [0.25, 0.3) is 24.1 Å². The van der Waals surface area contributed by atoms with Crippen molar-refractivity contribution in [2.75, 3.05) is 53.3 Å². The van der Waals surface area contributed by atoms with Crippen LogP contribution in [0.5, 0.6) is 0 Å². The van der Waals surface area contributed by atoms with Gasteiger partial charge in [-0.25, -0.2) is 26.9 Å². The molecular formula is C40H32F5N5O4S. The number of aromatic nitrogens is 1. The fourth-order valence-corrected chi connectivity index (χ4v) is 8.47. The first-order valence-corrected chi connectivity index (χ1v) is 18.3. The molecule has 5 heterocycles. The molecule has 3 amide bonds. The van der Waals surface area contributed by atoms with E-state index in [0.29, 0.717) is 53.8 Å². The third-order valence-corrected chi connectivity index (χ3v) is 11.5. The number of amides is 3. The Bertz CT molecular complexity index is 2300. The van der Waals surface area contributed by atoms with Crippen LogP contribution >= 0.6 is 11.3 Å². The molecule has 9 nitrogen and oxygen atoms in total. The van der Waals surface area contributed by atoms with Crippen molar-refractivity contribution in [2.45, 2.75) is 25.7 Å². The fraction of sp³-hybridized carbons (Fsp3) is 0.250. The average molecular weight is 774 g/mol. The standard InChI is InChI=1S/C40H32F5N5O4S/c41-25-6-9-27-31(18-25)50(13-10-23-17-32(55-34(23)27)38(52)48-33-29(42)2-1-3-30(33)43)39(53)22-4-7-26(8-5-22)47-37(51)28-16-24(35(44)45)19-46-36(28)49-20-40(21-49)11-14-54-15-12-40/h1-9,16-19,35H,10-15,20-21H2,(H,47,51)(H,48,52). The SMILES string of the molecule is O=C(Nc1c(F)cccc1F)c1cc2c(s1)-c1ccc(F)cc1N(C(=O)c1ccc(NC(=O)c3cc(C(F)F)cnc3N3CC4(CCOCC4)C3)cc1)CC2. The van der Waals surface area contributed by atoms with Crippen LogP contribution in [0.25, 0.3) is 10.4 Å². The number of anilines is 4. The number of carbonyl (C=O) groups excluding carboxylic acids is 3. The number of para-hydroxylation sites is 1. The quantitative estimate of drug-likeness (QED) is 0.161. The van der Waals surface area contributed by atoms with Crippen molar-refractivity contribution >= 4 is 51.9 Å². The number of alkyl halides is 2. The third kappa shape index (κ3) is 7.05. The molecule has 0 radical (unpaired) electrons. The second kappa shape index (κ2) is 14.5. The van der Waals surface area contributed by atoms with E-state index >= 15 is 0 Å². The molecule has 3 aromatic carbocycles. The molecule has 0 bridgehead atoms. The van der Waals surface area contributed by atoms with Crippen molar-refractivity contribution in [3.05, 3.63) is 124 Å². The number of ether oxygens (including phenoxy) is 1. The summed E-state index contributed by atoms with van der Waals surface area (Å²) < 4.78 is 76.0. The molecule has 0 atom stereocenters. The zero-order valence-electron chi connectivity index (χ0n) is 29.0. The molecule has 0 aliphatic carbocycles. The lowest BCUT2D eigenvalue weighted by Gasteiger charge is -2.53. The summed E-state index contributed by atoms with van der Waals surface area (Å²) in [7, 11) is 0. The maximum Gasteiger partial charge on any atom is 0.265 e. The molecule has 2 saturated heterocycles. The minimum absolute atomic E-state index is 0.00978. The van der Waals surface area contributed by atoms with Crippen molar-refractivity contribution < 1.29 is 41.1 Å². The Morgan fingerprint density at radius 1 is 0.873 bits per heavy atom. The fourth-order valence-electron chi connectivity index (χ4n) is 7.33. The van der Waals surface area contributed by atoms with Gasteiger partial charge in [0.15, 0.2) is 0 Å². The molecule has 2 aromatic heterocycles. The number of fused-ring (bicyclic) bond motifs is 3. The summed E-state index contributed by atoms with van der Waals surface area (Å²) in [5, 5.41) is 5.03. The van der Waals surface area contributed by atoms with Crippen LogP contribution in [-0.4, -0.2) is 55.6 Å². The Morgan fingerprint density at radius 3 is 2.31 bits per heavy atom. The van der Waals surface area contributed by atoms with E-state index in [1.165, 1.54) is 53.4 Å².